The number of halogens is 1. The van der Waals surface area contributed by atoms with Crippen LogP contribution in [-0.4, -0.2) is 25.1 Å². The molecule has 5 N–H and O–H groups in total. The summed E-state index contributed by atoms with van der Waals surface area (Å²) in [7, 11) is -3.35. The Kier molecular flexibility index (Phi) is 5.22. The minimum absolute atomic E-state index is 0.00567. The van der Waals surface area contributed by atoms with Crippen molar-refractivity contribution in [3.63, 3.8) is 0 Å². The number of hydrogen-bond acceptors (Lipinski definition) is 6. The van der Waals surface area contributed by atoms with Crippen LogP contribution in [0, 0.1) is 10.6 Å². The van der Waals surface area contributed by atoms with Crippen LogP contribution in [0.15, 0.2) is 83.4 Å². The van der Waals surface area contributed by atoms with E-state index in [2.05, 4.69) is 20.3 Å². The number of imidazole rings is 1. The van der Waals surface area contributed by atoms with Gasteiger partial charge in [0.25, 0.3) is 5.91 Å². The van der Waals surface area contributed by atoms with E-state index in [-0.39, 0.29) is 21.4 Å². The lowest BCUT2D eigenvalue weighted by Gasteiger charge is -2.11. The number of pyridine rings is 1. The number of hydrogen-bond donors (Lipinski definition) is 4. The molecular weight excluding hydrogens is 419 g/mol. The maximum absolute atomic E-state index is 13.2. The molecule has 4 aromatic rings. The Morgan fingerprint density at radius 1 is 1.06 bits per heavy atom. The molecule has 0 saturated carbocycles. The minimum Gasteiger partial charge on any atom is -0.397 e. The topological polar surface area (TPSA) is 138 Å². The Morgan fingerprint density at radius 2 is 1.81 bits per heavy atom. The van der Waals surface area contributed by atoms with Crippen molar-refractivity contribution in [2.24, 2.45) is 0 Å². The molecule has 0 aliphatic heterocycles. The fourth-order valence-electron chi connectivity index (χ4n) is 2.88. The Balaban J connectivity index is 1.56. The number of rotatable bonds is 5. The van der Waals surface area contributed by atoms with E-state index in [1.165, 1.54) is 43.0 Å². The molecule has 2 heterocycles. The Morgan fingerprint density at radius 3 is 2.45 bits per heavy atom. The number of aromatic amines is 1. The van der Waals surface area contributed by atoms with Gasteiger partial charge in [0.05, 0.1) is 29.5 Å². The molecule has 0 bridgehead atoms. The maximum Gasteiger partial charge on any atom is 0.257 e. The molecule has 1 atom stereocenters. The third-order valence-corrected chi connectivity index (χ3v) is 6.23. The summed E-state index contributed by atoms with van der Waals surface area (Å²) in [6, 6.07) is 13.9. The largest absolute Gasteiger partial charge is 0.397 e. The smallest absolute Gasteiger partial charge is 0.257 e. The van der Waals surface area contributed by atoms with E-state index in [0.29, 0.717) is 11.4 Å². The highest BCUT2D eigenvalue weighted by Gasteiger charge is 2.18. The Labute approximate surface area is 177 Å². The third-order valence-electron chi connectivity index (χ3n) is 4.55. The fourth-order valence-corrected chi connectivity index (χ4v) is 3.99. The molecule has 8 nitrogen and oxygen atoms in total. The van der Waals surface area contributed by atoms with Crippen LogP contribution in [0.2, 0.25) is 0 Å². The van der Waals surface area contributed by atoms with E-state index in [0.717, 1.165) is 11.1 Å². The van der Waals surface area contributed by atoms with Gasteiger partial charge in [0.2, 0.25) is 0 Å². The zero-order valence-electron chi connectivity index (χ0n) is 16.0. The molecule has 4 rings (SSSR count). The fraction of sp³-hybridized carbons (Fsp3) is 0. The number of nitrogens with one attached hydrogen (secondary N) is 3. The monoisotopic (exact) mass is 436 g/mol. The molecule has 0 saturated heterocycles. The quantitative estimate of drug-likeness (QED) is 0.352. The molecule has 2 aromatic carbocycles. The van der Waals surface area contributed by atoms with Gasteiger partial charge in [0.15, 0.2) is 0 Å². The van der Waals surface area contributed by atoms with Crippen molar-refractivity contribution in [3.05, 3.63) is 84.7 Å². The molecule has 1 amide bonds. The van der Waals surface area contributed by atoms with Gasteiger partial charge in [-0.15, -0.1) is 0 Å². The first-order valence-electron chi connectivity index (χ1n) is 9.05. The van der Waals surface area contributed by atoms with Gasteiger partial charge in [0.1, 0.15) is 25.6 Å². The summed E-state index contributed by atoms with van der Waals surface area (Å²) >= 11 is 0. The van der Waals surface area contributed by atoms with Gasteiger partial charge in [-0.1, -0.05) is 18.2 Å². The molecule has 0 aliphatic rings. The number of aromatic nitrogens is 3. The summed E-state index contributed by atoms with van der Waals surface area (Å²) in [6.45, 7) is 0. The minimum atomic E-state index is -3.35. The number of H-pyrrole nitrogens is 1. The zero-order chi connectivity index (χ0) is 22.0. The van der Waals surface area contributed by atoms with Crippen LogP contribution in [0.4, 0.5) is 15.8 Å². The van der Waals surface area contributed by atoms with Crippen LogP contribution in [0.25, 0.3) is 11.1 Å². The van der Waals surface area contributed by atoms with Crippen LogP contribution in [-0.2, 0) is 9.73 Å². The summed E-state index contributed by atoms with van der Waals surface area (Å²) < 4.78 is 33.9. The number of nitrogen functional groups attached to an aromatic ring is 1. The second-order valence-electron chi connectivity index (χ2n) is 6.62. The van der Waals surface area contributed by atoms with Gasteiger partial charge in [-0.25, -0.2) is 23.3 Å². The highest BCUT2D eigenvalue weighted by Crippen LogP contribution is 2.28. The van der Waals surface area contributed by atoms with Crippen LogP contribution in [0.5, 0.6) is 0 Å². The van der Waals surface area contributed by atoms with Gasteiger partial charge in [-0.2, -0.15) is 0 Å². The van der Waals surface area contributed by atoms with E-state index >= 15 is 0 Å². The van der Waals surface area contributed by atoms with Gasteiger partial charge in [0, 0.05) is 6.20 Å². The number of benzene rings is 2. The third kappa shape index (κ3) is 4.14. The Hall–Kier alpha value is -4.05. The van der Waals surface area contributed by atoms with E-state index in [1.54, 1.807) is 30.3 Å². The molecule has 2 aromatic heterocycles. The predicted molar refractivity (Wildman–Crippen MR) is 114 cm³/mol. The van der Waals surface area contributed by atoms with Crippen molar-refractivity contribution >= 4 is 27.0 Å². The number of nitrogens with two attached hydrogens (primary N) is 1. The van der Waals surface area contributed by atoms with Gasteiger partial charge in [-0.3, -0.25) is 4.79 Å². The number of nitrogens with zero attached hydrogens (tertiary/aromatic N) is 2. The Bertz CT molecular complexity index is 1340. The molecule has 0 fully saturated rings. The lowest BCUT2D eigenvalue weighted by Crippen LogP contribution is -2.14. The highest BCUT2D eigenvalue weighted by molar-refractivity contribution is 7.92. The molecule has 31 heavy (non-hydrogen) atoms. The average molecular weight is 436 g/mol. The molecule has 156 valence electrons. The predicted octanol–water partition coefficient (Wildman–Crippen LogP) is 3.91. The van der Waals surface area contributed by atoms with Crippen molar-refractivity contribution in [2.75, 3.05) is 11.1 Å². The van der Waals surface area contributed by atoms with Gasteiger partial charge < -0.3 is 16.0 Å². The molecule has 0 radical (unpaired) electrons. The first kappa shape index (κ1) is 20.2. The SMILES string of the molecule is N=S(=O)(c1ccc(C(=O)Nc2cc(-c3ccc(F)cc3)ccc2N)cn1)c1cnc[nH]1. The summed E-state index contributed by atoms with van der Waals surface area (Å²) in [6.07, 6.45) is 3.87. The average Bonchev–Trinajstić information content (AvgIpc) is 3.32. The van der Waals surface area contributed by atoms with E-state index in [4.69, 9.17) is 10.5 Å². The molecule has 10 heteroatoms. The lowest BCUT2D eigenvalue weighted by molar-refractivity contribution is 0.102. The van der Waals surface area contributed by atoms with Crippen molar-refractivity contribution in [1.82, 2.24) is 15.0 Å². The highest BCUT2D eigenvalue weighted by atomic mass is 32.2. The van der Waals surface area contributed by atoms with E-state index < -0.39 is 15.6 Å². The number of carbonyl (C=O) groups excluding carboxylic acids is 1. The van der Waals surface area contributed by atoms with Crippen molar-refractivity contribution in [2.45, 2.75) is 10.1 Å². The lowest BCUT2D eigenvalue weighted by atomic mass is 10.0. The number of anilines is 2. The maximum atomic E-state index is 13.2. The van der Waals surface area contributed by atoms with Crippen LogP contribution >= 0.6 is 0 Å². The van der Waals surface area contributed by atoms with Crippen molar-refractivity contribution < 1.29 is 13.4 Å². The summed E-state index contributed by atoms with van der Waals surface area (Å²) in [4.78, 5) is 23.1. The first-order valence-corrected chi connectivity index (χ1v) is 10.6. The van der Waals surface area contributed by atoms with E-state index in [1.807, 2.05) is 0 Å². The van der Waals surface area contributed by atoms with Gasteiger partial charge in [-0.05, 0) is 47.5 Å². The summed E-state index contributed by atoms with van der Waals surface area (Å²) in [5, 5.41) is 2.85. The zero-order valence-corrected chi connectivity index (χ0v) is 16.8. The molecule has 1 unspecified atom stereocenters. The van der Waals surface area contributed by atoms with Crippen LogP contribution in [0.1, 0.15) is 10.4 Å². The standard InChI is InChI=1S/C21H17FN6O2S/c22-16-5-1-13(2-6-16)14-3-7-17(23)18(9-14)28-21(29)15-4-8-19(26-10-15)31(24,30)20-11-25-12-27-20/h1-12,24H,23H2,(H,25,27)(H,28,29). The second kappa shape index (κ2) is 8.00. The number of carbonyl (C=O) groups is 1. The van der Waals surface area contributed by atoms with Gasteiger partial charge >= 0.3 is 0 Å². The van der Waals surface area contributed by atoms with Crippen molar-refractivity contribution in [3.8, 4) is 11.1 Å². The van der Waals surface area contributed by atoms with E-state index in [9.17, 15) is 13.4 Å². The van der Waals surface area contributed by atoms with Crippen LogP contribution in [0.3, 0.4) is 0 Å². The number of amides is 1. The van der Waals surface area contributed by atoms with Crippen LogP contribution < -0.4 is 11.1 Å². The molecule has 0 spiro atoms. The normalized spacial score (nSPS) is 12.8. The van der Waals surface area contributed by atoms with Crippen molar-refractivity contribution in [1.29, 1.82) is 4.78 Å². The first-order chi connectivity index (χ1) is 14.8. The molecule has 0 aliphatic carbocycles. The summed E-state index contributed by atoms with van der Waals surface area (Å²) in [5.74, 6) is -0.812. The molecular formula is C21H17FN6O2S. The summed E-state index contributed by atoms with van der Waals surface area (Å²) in [5.41, 5.74) is 8.47. The second-order valence-corrected chi connectivity index (χ2v) is 8.59.